The predicted molar refractivity (Wildman–Crippen MR) is 77.9 cm³/mol. The standard InChI is InChI=1S/C12H19BrN2O2S/c1-2-7-14-8-9-18(16,17)15-10-11-5-3-4-6-12(11)13/h3-6,14-15H,2,7-10H2,1H3. The van der Waals surface area contributed by atoms with Gasteiger partial charge >= 0.3 is 0 Å². The maximum Gasteiger partial charge on any atom is 0.213 e. The van der Waals surface area contributed by atoms with Crippen LogP contribution in [0, 0.1) is 0 Å². The summed E-state index contributed by atoms with van der Waals surface area (Å²) in [5.41, 5.74) is 0.933. The lowest BCUT2D eigenvalue weighted by Gasteiger charge is -2.08. The van der Waals surface area contributed by atoms with Gasteiger partial charge in [-0.1, -0.05) is 41.1 Å². The Hall–Kier alpha value is -0.430. The fourth-order valence-electron chi connectivity index (χ4n) is 1.41. The highest BCUT2D eigenvalue weighted by molar-refractivity contribution is 9.10. The molecule has 0 saturated heterocycles. The minimum Gasteiger partial charge on any atom is -0.316 e. The highest BCUT2D eigenvalue weighted by Crippen LogP contribution is 2.15. The minimum absolute atomic E-state index is 0.109. The van der Waals surface area contributed by atoms with Gasteiger partial charge in [0.2, 0.25) is 10.0 Å². The molecule has 6 heteroatoms. The molecule has 0 aliphatic rings. The lowest BCUT2D eigenvalue weighted by atomic mass is 10.2. The summed E-state index contributed by atoms with van der Waals surface area (Å²) >= 11 is 3.39. The van der Waals surface area contributed by atoms with Gasteiger partial charge in [-0.2, -0.15) is 0 Å². The number of rotatable bonds is 8. The van der Waals surface area contributed by atoms with E-state index in [1.165, 1.54) is 0 Å². The van der Waals surface area contributed by atoms with Crippen LogP contribution in [0.1, 0.15) is 18.9 Å². The van der Waals surface area contributed by atoms with Crippen LogP contribution < -0.4 is 10.0 Å². The third-order valence-corrected chi connectivity index (χ3v) is 4.51. The van der Waals surface area contributed by atoms with Gasteiger partial charge in [0.1, 0.15) is 0 Å². The summed E-state index contributed by atoms with van der Waals surface area (Å²) in [5.74, 6) is 0.109. The molecule has 0 unspecified atom stereocenters. The molecular weight excluding hydrogens is 316 g/mol. The molecular formula is C12H19BrN2O2S. The summed E-state index contributed by atoms with van der Waals surface area (Å²) in [7, 11) is -3.21. The summed E-state index contributed by atoms with van der Waals surface area (Å²) in [4.78, 5) is 0. The van der Waals surface area contributed by atoms with E-state index in [1.54, 1.807) is 0 Å². The first-order valence-electron chi connectivity index (χ1n) is 5.96. The second-order valence-corrected chi connectivity index (χ2v) is 6.76. The van der Waals surface area contributed by atoms with Crippen molar-refractivity contribution in [3.63, 3.8) is 0 Å². The molecule has 0 saturated carbocycles. The van der Waals surface area contributed by atoms with Crippen LogP contribution in [0.25, 0.3) is 0 Å². The van der Waals surface area contributed by atoms with Gasteiger partial charge in [0.25, 0.3) is 0 Å². The van der Waals surface area contributed by atoms with Gasteiger partial charge < -0.3 is 5.32 Å². The van der Waals surface area contributed by atoms with Gasteiger partial charge in [0.05, 0.1) is 5.75 Å². The van der Waals surface area contributed by atoms with Crippen molar-refractivity contribution in [3.05, 3.63) is 34.3 Å². The lowest BCUT2D eigenvalue weighted by molar-refractivity contribution is 0.576. The number of halogens is 1. The second-order valence-electron chi connectivity index (χ2n) is 3.98. The molecule has 0 amide bonds. The fourth-order valence-corrected chi connectivity index (χ4v) is 2.77. The van der Waals surface area contributed by atoms with Crippen LogP contribution in [0.3, 0.4) is 0 Å². The molecule has 2 N–H and O–H groups in total. The van der Waals surface area contributed by atoms with E-state index in [2.05, 4.69) is 26.0 Å². The monoisotopic (exact) mass is 334 g/mol. The van der Waals surface area contributed by atoms with Crippen LogP contribution in [-0.2, 0) is 16.6 Å². The molecule has 0 heterocycles. The Morgan fingerprint density at radius 1 is 1.22 bits per heavy atom. The number of sulfonamides is 1. The SMILES string of the molecule is CCCNCCS(=O)(=O)NCc1ccccc1Br. The van der Waals surface area contributed by atoms with Gasteiger partial charge in [0.15, 0.2) is 0 Å². The molecule has 4 nitrogen and oxygen atoms in total. The van der Waals surface area contributed by atoms with Gasteiger partial charge in [-0.25, -0.2) is 13.1 Å². The van der Waals surface area contributed by atoms with Gasteiger partial charge in [-0.3, -0.25) is 0 Å². The van der Waals surface area contributed by atoms with Gasteiger partial charge in [-0.05, 0) is 24.6 Å². The van der Waals surface area contributed by atoms with Crippen molar-refractivity contribution in [2.45, 2.75) is 19.9 Å². The first-order valence-corrected chi connectivity index (χ1v) is 8.41. The van der Waals surface area contributed by atoms with Crippen LogP contribution in [0.5, 0.6) is 0 Å². The zero-order valence-electron chi connectivity index (χ0n) is 10.4. The summed E-state index contributed by atoms with van der Waals surface area (Å²) in [6.45, 7) is 3.70. The van der Waals surface area contributed by atoms with Crippen LogP contribution in [0.4, 0.5) is 0 Å². The molecule has 0 aliphatic carbocycles. The molecule has 0 aliphatic heterocycles. The lowest BCUT2D eigenvalue weighted by Crippen LogP contribution is -2.32. The van der Waals surface area contributed by atoms with Crippen molar-refractivity contribution in [3.8, 4) is 0 Å². The molecule has 1 aromatic carbocycles. The third-order valence-electron chi connectivity index (χ3n) is 2.41. The number of nitrogens with one attached hydrogen (secondary N) is 2. The smallest absolute Gasteiger partial charge is 0.213 e. The third kappa shape index (κ3) is 5.95. The second kappa shape index (κ2) is 7.89. The van der Waals surface area contributed by atoms with E-state index in [0.29, 0.717) is 13.1 Å². The quantitative estimate of drug-likeness (QED) is 0.713. The average Bonchev–Trinajstić information content (AvgIpc) is 2.34. The van der Waals surface area contributed by atoms with Crippen molar-refractivity contribution >= 4 is 26.0 Å². The van der Waals surface area contributed by atoms with Crippen molar-refractivity contribution in [2.24, 2.45) is 0 Å². The van der Waals surface area contributed by atoms with E-state index in [0.717, 1.165) is 23.0 Å². The average molecular weight is 335 g/mol. The summed E-state index contributed by atoms with van der Waals surface area (Å²) in [6.07, 6.45) is 1.00. The summed E-state index contributed by atoms with van der Waals surface area (Å²) in [6, 6.07) is 7.57. The van der Waals surface area contributed by atoms with Crippen molar-refractivity contribution < 1.29 is 8.42 Å². The Morgan fingerprint density at radius 2 is 1.94 bits per heavy atom. The highest BCUT2D eigenvalue weighted by Gasteiger charge is 2.10. The molecule has 102 valence electrons. The van der Waals surface area contributed by atoms with Crippen molar-refractivity contribution in [1.82, 2.24) is 10.0 Å². The number of hydrogen-bond acceptors (Lipinski definition) is 3. The number of hydrogen-bond donors (Lipinski definition) is 2. The number of benzene rings is 1. The van der Waals surface area contributed by atoms with Crippen LogP contribution in [0.2, 0.25) is 0 Å². The minimum atomic E-state index is -3.21. The van der Waals surface area contributed by atoms with Crippen molar-refractivity contribution in [1.29, 1.82) is 0 Å². The Balaban J connectivity index is 2.40. The molecule has 0 aromatic heterocycles. The van der Waals surface area contributed by atoms with Crippen molar-refractivity contribution in [2.75, 3.05) is 18.8 Å². The Morgan fingerprint density at radius 3 is 2.61 bits per heavy atom. The first-order chi connectivity index (χ1) is 8.55. The van der Waals surface area contributed by atoms with E-state index in [-0.39, 0.29) is 5.75 Å². The predicted octanol–water partition coefficient (Wildman–Crippen LogP) is 1.87. The Labute approximate surface area is 117 Å². The molecule has 0 bridgehead atoms. The zero-order valence-corrected chi connectivity index (χ0v) is 12.9. The van der Waals surface area contributed by atoms with E-state index in [4.69, 9.17) is 0 Å². The topological polar surface area (TPSA) is 58.2 Å². The van der Waals surface area contributed by atoms with E-state index in [9.17, 15) is 8.42 Å². The Kier molecular flexibility index (Phi) is 6.85. The van der Waals surface area contributed by atoms with Crippen LogP contribution in [-0.4, -0.2) is 27.3 Å². The summed E-state index contributed by atoms with van der Waals surface area (Å²) in [5, 5.41) is 3.07. The Bertz CT molecular complexity index is 463. The molecule has 0 spiro atoms. The molecule has 0 atom stereocenters. The molecule has 1 rings (SSSR count). The van der Waals surface area contributed by atoms with E-state index >= 15 is 0 Å². The maximum absolute atomic E-state index is 11.7. The maximum atomic E-state index is 11.7. The fraction of sp³-hybridized carbons (Fsp3) is 0.500. The van der Waals surface area contributed by atoms with Crippen LogP contribution >= 0.6 is 15.9 Å². The zero-order chi connectivity index (χ0) is 13.4. The van der Waals surface area contributed by atoms with Gasteiger partial charge in [-0.15, -0.1) is 0 Å². The largest absolute Gasteiger partial charge is 0.316 e. The van der Waals surface area contributed by atoms with Gasteiger partial charge in [0, 0.05) is 17.6 Å². The summed E-state index contributed by atoms with van der Waals surface area (Å²) < 4.78 is 26.9. The molecule has 0 radical (unpaired) electrons. The van der Waals surface area contributed by atoms with E-state index < -0.39 is 10.0 Å². The molecule has 0 fully saturated rings. The van der Waals surface area contributed by atoms with Crippen LogP contribution in [0.15, 0.2) is 28.7 Å². The first kappa shape index (κ1) is 15.6. The highest BCUT2D eigenvalue weighted by atomic mass is 79.9. The molecule has 1 aromatic rings. The van der Waals surface area contributed by atoms with E-state index in [1.807, 2.05) is 31.2 Å². The normalized spacial score (nSPS) is 11.7. The molecule has 18 heavy (non-hydrogen) atoms.